The summed E-state index contributed by atoms with van der Waals surface area (Å²) in [4.78, 5) is 12.6. The molecule has 0 spiro atoms. The number of carbonyl (C=O) groups is 1. The number of fused-ring (bicyclic) bond motifs is 1. The van der Waals surface area contributed by atoms with E-state index in [0.29, 0.717) is 19.1 Å². The van der Waals surface area contributed by atoms with E-state index < -0.39 is 6.10 Å². The first-order valence-electron chi connectivity index (χ1n) is 8.59. The number of nitrogens with one attached hydrogen (secondary N) is 1. The first-order valence-corrected chi connectivity index (χ1v) is 8.59. The Hall–Kier alpha value is -2.21. The van der Waals surface area contributed by atoms with Gasteiger partial charge in [-0.25, -0.2) is 0 Å². The van der Waals surface area contributed by atoms with Crippen molar-refractivity contribution < 1.29 is 9.53 Å². The van der Waals surface area contributed by atoms with E-state index in [-0.39, 0.29) is 5.91 Å². The zero-order chi connectivity index (χ0) is 16.5. The molecule has 1 fully saturated rings. The Morgan fingerprint density at radius 2 is 2.17 bits per heavy atom. The van der Waals surface area contributed by atoms with Gasteiger partial charge in [0.2, 0.25) is 0 Å². The van der Waals surface area contributed by atoms with Gasteiger partial charge in [-0.05, 0) is 30.4 Å². The quantitative estimate of drug-likeness (QED) is 0.933. The molecule has 6 nitrogen and oxygen atoms in total. The fraction of sp³-hybridized carbons (Fsp3) is 0.500. The molecule has 1 amide bonds. The van der Waals surface area contributed by atoms with Gasteiger partial charge in [0.25, 0.3) is 5.91 Å². The maximum Gasteiger partial charge on any atom is 0.254 e. The van der Waals surface area contributed by atoms with Crippen LogP contribution in [0.1, 0.15) is 54.1 Å². The van der Waals surface area contributed by atoms with Crippen molar-refractivity contribution in [1.82, 2.24) is 20.1 Å². The number of ether oxygens (including phenoxy) is 1. The molecule has 126 valence electrons. The van der Waals surface area contributed by atoms with Gasteiger partial charge in [0.1, 0.15) is 5.82 Å². The van der Waals surface area contributed by atoms with Crippen molar-refractivity contribution in [1.29, 1.82) is 0 Å². The average Bonchev–Trinajstić information content (AvgIpc) is 2.91. The molecular weight excluding hydrogens is 304 g/mol. The molecule has 1 aromatic heterocycles. The van der Waals surface area contributed by atoms with Crippen LogP contribution in [0.5, 0.6) is 0 Å². The van der Waals surface area contributed by atoms with Gasteiger partial charge in [0, 0.05) is 13.0 Å². The van der Waals surface area contributed by atoms with Crippen LogP contribution in [0, 0.1) is 0 Å². The lowest BCUT2D eigenvalue weighted by Crippen LogP contribution is -2.34. The predicted octanol–water partition coefficient (Wildman–Crippen LogP) is 2.01. The Morgan fingerprint density at radius 3 is 2.96 bits per heavy atom. The highest BCUT2D eigenvalue weighted by Crippen LogP contribution is 2.35. The lowest BCUT2D eigenvalue weighted by molar-refractivity contribution is -0.134. The summed E-state index contributed by atoms with van der Waals surface area (Å²) in [6.07, 6.45) is 3.96. The highest BCUT2D eigenvalue weighted by atomic mass is 16.5. The van der Waals surface area contributed by atoms with Crippen LogP contribution in [0.3, 0.4) is 0 Å². The van der Waals surface area contributed by atoms with Crippen molar-refractivity contribution in [2.24, 2.45) is 7.05 Å². The summed E-state index contributed by atoms with van der Waals surface area (Å²) in [5, 5.41) is 11.5. The summed E-state index contributed by atoms with van der Waals surface area (Å²) < 4.78 is 7.71. The zero-order valence-corrected chi connectivity index (χ0v) is 13.9. The van der Waals surface area contributed by atoms with E-state index in [4.69, 9.17) is 4.74 Å². The first-order chi connectivity index (χ1) is 11.7. The third-order valence-corrected chi connectivity index (χ3v) is 5.12. The smallest absolute Gasteiger partial charge is 0.254 e. The van der Waals surface area contributed by atoms with E-state index >= 15 is 0 Å². The van der Waals surface area contributed by atoms with Crippen LogP contribution in [0.15, 0.2) is 24.3 Å². The zero-order valence-electron chi connectivity index (χ0n) is 13.9. The van der Waals surface area contributed by atoms with Gasteiger partial charge in [0.05, 0.1) is 13.2 Å². The predicted molar refractivity (Wildman–Crippen MR) is 88.3 cm³/mol. The van der Waals surface area contributed by atoms with E-state index in [1.54, 1.807) is 0 Å². The van der Waals surface area contributed by atoms with Gasteiger partial charge < -0.3 is 14.6 Å². The van der Waals surface area contributed by atoms with Gasteiger partial charge in [0.15, 0.2) is 11.9 Å². The number of aromatic nitrogens is 3. The summed E-state index contributed by atoms with van der Waals surface area (Å²) in [5.41, 5.74) is 2.16. The van der Waals surface area contributed by atoms with Crippen molar-refractivity contribution in [3.8, 4) is 0 Å². The number of amides is 1. The number of rotatable bonds is 4. The van der Waals surface area contributed by atoms with Gasteiger partial charge in [-0.15, -0.1) is 10.2 Å². The molecule has 2 aliphatic rings. The van der Waals surface area contributed by atoms with Crippen molar-refractivity contribution in [3.05, 3.63) is 47.0 Å². The Labute approximate surface area is 141 Å². The average molecular weight is 326 g/mol. The second kappa shape index (κ2) is 6.36. The molecule has 4 rings (SSSR count). The number of benzene rings is 1. The summed E-state index contributed by atoms with van der Waals surface area (Å²) in [7, 11) is 1.97. The van der Waals surface area contributed by atoms with Crippen molar-refractivity contribution >= 4 is 5.91 Å². The molecule has 0 saturated heterocycles. The van der Waals surface area contributed by atoms with Crippen LogP contribution >= 0.6 is 0 Å². The van der Waals surface area contributed by atoms with E-state index in [9.17, 15) is 4.79 Å². The Morgan fingerprint density at radius 1 is 1.33 bits per heavy atom. The minimum absolute atomic E-state index is 0.115. The molecular formula is C18H22N4O2. The maximum absolute atomic E-state index is 12.6. The van der Waals surface area contributed by atoms with E-state index in [2.05, 4.69) is 21.6 Å². The van der Waals surface area contributed by atoms with Gasteiger partial charge in [-0.2, -0.15) is 0 Å². The Kier molecular flexibility index (Phi) is 4.06. The lowest BCUT2D eigenvalue weighted by atomic mass is 9.85. The Balaban J connectivity index is 1.43. The third-order valence-electron chi connectivity index (χ3n) is 5.12. The molecule has 0 radical (unpaired) electrons. The molecule has 1 unspecified atom stereocenters. The second-order valence-corrected chi connectivity index (χ2v) is 6.58. The Bertz CT molecular complexity index is 751. The highest BCUT2D eigenvalue weighted by molar-refractivity contribution is 5.82. The number of hydrogen-bond donors (Lipinski definition) is 1. The number of carbonyl (C=O) groups excluding carboxylic acids is 1. The van der Waals surface area contributed by atoms with Crippen molar-refractivity contribution in [2.75, 3.05) is 6.61 Å². The van der Waals surface area contributed by atoms with Gasteiger partial charge in [-0.3, -0.25) is 4.79 Å². The van der Waals surface area contributed by atoms with Crippen LogP contribution in [0.2, 0.25) is 0 Å². The number of hydrogen-bond acceptors (Lipinski definition) is 4. The maximum atomic E-state index is 12.6. The SMILES string of the molecule is Cn1c(CNC(=O)C2OCCc3ccccc32)nnc1C1CCC1. The van der Waals surface area contributed by atoms with Crippen LogP contribution in [-0.4, -0.2) is 27.3 Å². The van der Waals surface area contributed by atoms with E-state index in [0.717, 1.165) is 23.6 Å². The van der Waals surface area contributed by atoms with Crippen LogP contribution in [0.4, 0.5) is 0 Å². The monoisotopic (exact) mass is 326 g/mol. The van der Waals surface area contributed by atoms with E-state index in [1.165, 1.54) is 24.8 Å². The largest absolute Gasteiger partial charge is 0.363 e. The molecule has 24 heavy (non-hydrogen) atoms. The molecule has 2 aromatic rings. The molecule has 1 aromatic carbocycles. The van der Waals surface area contributed by atoms with Gasteiger partial charge in [-0.1, -0.05) is 30.7 Å². The summed E-state index contributed by atoms with van der Waals surface area (Å²) in [5.74, 6) is 2.23. The molecule has 1 atom stereocenters. The fourth-order valence-corrected chi connectivity index (χ4v) is 3.42. The molecule has 1 saturated carbocycles. The highest BCUT2D eigenvalue weighted by Gasteiger charge is 2.28. The second-order valence-electron chi connectivity index (χ2n) is 6.58. The molecule has 1 aliphatic carbocycles. The van der Waals surface area contributed by atoms with Crippen molar-refractivity contribution in [3.63, 3.8) is 0 Å². The number of nitrogens with zero attached hydrogens (tertiary/aromatic N) is 3. The first kappa shape index (κ1) is 15.3. The van der Waals surface area contributed by atoms with Crippen LogP contribution in [0.25, 0.3) is 0 Å². The summed E-state index contributed by atoms with van der Waals surface area (Å²) in [6.45, 7) is 0.946. The topological polar surface area (TPSA) is 69.0 Å². The third kappa shape index (κ3) is 2.71. The molecule has 1 aliphatic heterocycles. The minimum Gasteiger partial charge on any atom is -0.363 e. The molecule has 6 heteroatoms. The lowest BCUT2D eigenvalue weighted by Gasteiger charge is -2.25. The van der Waals surface area contributed by atoms with E-state index in [1.807, 2.05) is 29.8 Å². The standard InChI is InChI=1S/C18H22N4O2/c1-22-15(20-21-17(22)13-6-4-7-13)11-19-18(23)16-14-8-3-2-5-12(14)9-10-24-16/h2-3,5,8,13,16H,4,6-7,9-11H2,1H3,(H,19,23). The van der Waals surface area contributed by atoms with Crippen LogP contribution < -0.4 is 5.32 Å². The fourth-order valence-electron chi connectivity index (χ4n) is 3.42. The minimum atomic E-state index is -0.533. The summed E-state index contributed by atoms with van der Waals surface area (Å²) in [6, 6.07) is 7.98. The molecule has 0 bridgehead atoms. The summed E-state index contributed by atoms with van der Waals surface area (Å²) >= 11 is 0. The van der Waals surface area contributed by atoms with Crippen LogP contribution in [-0.2, 0) is 29.5 Å². The molecule has 2 heterocycles. The normalized spacial score (nSPS) is 20.3. The van der Waals surface area contributed by atoms with Crippen molar-refractivity contribution in [2.45, 2.75) is 44.2 Å². The van der Waals surface area contributed by atoms with Gasteiger partial charge >= 0.3 is 0 Å². The molecule has 1 N–H and O–H groups in total.